The Hall–Kier alpha value is -2.45. The number of aromatic nitrogens is 2. The van der Waals surface area contributed by atoms with Gasteiger partial charge >= 0.3 is 5.97 Å². The van der Waals surface area contributed by atoms with Crippen molar-refractivity contribution >= 4 is 45.2 Å². The summed E-state index contributed by atoms with van der Waals surface area (Å²) in [6.07, 6.45) is 0.531. The minimum absolute atomic E-state index is 0.363. The predicted molar refractivity (Wildman–Crippen MR) is 102 cm³/mol. The first-order valence-electron chi connectivity index (χ1n) is 7.86. The number of aryl methyl sites for hydroxylation is 2. The van der Waals surface area contributed by atoms with E-state index in [0.29, 0.717) is 10.5 Å². The zero-order valence-electron chi connectivity index (χ0n) is 14.5. The molecular formula is C18H17N3O3S2. The van der Waals surface area contributed by atoms with Crippen LogP contribution >= 0.6 is 23.1 Å². The van der Waals surface area contributed by atoms with Crippen molar-refractivity contribution < 1.29 is 14.3 Å². The van der Waals surface area contributed by atoms with Gasteiger partial charge in [-0.15, -0.1) is 11.3 Å². The number of hydrogen-bond donors (Lipinski definition) is 1. The molecule has 1 atom stereocenters. The van der Waals surface area contributed by atoms with Gasteiger partial charge in [0.15, 0.2) is 6.10 Å². The minimum atomic E-state index is -0.993. The number of fused-ring (bicyclic) bond motifs is 1. The summed E-state index contributed by atoms with van der Waals surface area (Å²) in [5, 5.41) is 1.77. The Morgan fingerprint density at radius 1 is 1.23 bits per heavy atom. The van der Waals surface area contributed by atoms with Crippen LogP contribution in [0.1, 0.15) is 27.7 Å². The Kier molecular flexibility index (Phi) is 5.24. The molecule has 0 radical (unpaired) electrons. The summed E-state index contributed by atoms with van der Waals surface area (Å²) in [7, 11) is 0. The van der Waals surface area contributed by atoms with Crippen molar-refractivity contribution in [1.82, 2.24) is 9.97 Å². The molecule has 2 aromatic heterocycles. The van der Waals surface area contributed by atoms with E-state index in [1.54, 1.807) is 23.5 Å². The van der Waals surface area contributed by atoms with Gasteiger partial charge in [0.2, 0.25) is 0 Å². The maximum atomic E-state index is 12.4. The predicted octanol–water partition coefficient (Wildman–Crippen LogP) is 3.49. The van der Waals surface area contributed by atoms with Crippen LogP contribution in [0, 0.1) is 13.8 Å². The molecular weight excluding hydrogens is 370 g/mol. The van der Waals surface area contributed by atoms with Crippen LogP contribution in [-0.4, -0.2) is 27.9 Å². The van der Waals surface area contributed by atoms with Gasteiger partial charge in [-0.3, -0.25) is 4.79 Å². The Balaban J connectivity index is 1.97. The molecule has 8 heteroatoms. The molecule has 0 spiro atoms. The average Bonchev–Trinajstić information content (AvgIpc) is 2.90. The molecule has 2 heterocycles. The number of nitrogens with two attached hydrogens (primary N) is 1. The van der Waals surface area contributed by atoms with E-state index in [-0.39, 0.29) is 0 Å². The zero-order valence-corrected chi connectivity index (χ0v) is 16.1. The third-order valence-electron chi connectivity index (χ3n) is 3.93. The average molecular weight is 387 g/mol. The third-order valence-corrected chi connectivity index (χ3v) is 6.12. The van der Waals surface area contributed by atoms with Crippen molar-refractivity contribution in [3.05, 3.63) is 46.6 Å². The van der Waals surface area contributed by atoms with Crippen LogP contribution < -0.4 is 5.73 Å². The lowest BCUT2D eigenvalue weighted by Crippen LogP contribution is -2.30. The maximum Gasteiger partial charge on any atom is 0.340 e. The van der Waals surface area contributed by atoms with Crippen LogP contribution in [0.5, 0.6) is 0 Å². The second-order valence-corrected chi connectivity index (χ2v) is 7.92. The molecule has 0 saturated heterocycles. The summed E-state index contributed by atoms with van der Waals surface area (Å²) in [5.74, 6) is -1.28. The lowest BCUT2D eigenvalue weighted by Gasteiger charge is -2.12. The van der Waals surface area contributed by atoms with Crippen LogP contribution in [-0.2, 0) is 9.53 Å². The zero-order chi connectivity index (χ0) is 18.8. The number of thiophene rings is 1. The van der Waals surface area contributed by atoms with E-state index >= 15 is 0 Å². The molecule has 0 aliphatic heterocycles. The van der Waals surface area contributed by atoms with Crippen molar-refractivity contribution in [2.45, 2.75) is 36.8 Å². The van der Waals surface area contributed by atoms with E-state index in [4.69, 9.17) is 10.5 Å². The summed E-state index contributed by atoms with van der Waals surface area (Å²) < 4.78 is 5.13. The lowest BCUT2D eigenvalue weighted by molar-refractivity contribution is -0.125. The first kappa shape index (κ1) is 18.3. The molecule has 134 valence electrons. The van der Waals surface area contributed by atoms with Gasteiger partial charge < -0.3 is 10.5 Å². The number of benzene rings is 1. The van der Waals surface area contributed by atoms with E-state index in [1.807, 2.05) is 26.0 Å². The number of primary amides is 1. The SMILES string of the molecule is Cc1sc2ncnc(Sc3ccccc3C(=O)O[C@@H](C)C(N)=O)c2c1C. The highest BCUT2D eigenvalue weighted by Gasteiger charge is 2.20. The fourth-order valence-electron chi connectivity index (χ4n) is 2.34. The highest BCUT2D eigenvalue weighted by Crippen LogP contribution is 2.38. The molecule has 26 heavy (non-hydrogen) atoms. The van der Waals surface area contributed by atoms with Crippen LogP contribution in [0.25, 0.3) is 10.2 Å². The topological polar surface area (TPSA) is 95.2 Å². The van der Waals surface area contributed by atoms with Crippen molar-refractivity contribution in [2.75, 3.05) is 0 Å². The standard InChI is InChI=1S/C18H17N3O3S2/c1-9-11(3)25-16-14(9)17(21-8-20-16)26-13-7-5-4-6-12(13)18(23)24-10(2)15(19)22/h4-8,10H,1-3H3,(H2,19,22)/t10-/m0/s1. The number of carbonyl (C=O) groups is 2. The van der Waals surface area contributed by atoms with Gasteiger partial charge in [0.05, 0.1) is 5.56 Å². The first-order valence-corrected chi connectivity index (χ1v) is 9.49. The molecule has 0 fully saturated rings. The van der Waals surface area contributed by atoms with Crippen molar-refractivity contribution in [2.24, 2.45) is 5.73 Å². The van der Waals surface area contributed by atoms with Gasteiger partial charge in [-0.1, -0.05) is 23.9 Å². The number of carbonyl (C=O) groups excluding carboxylic acids is 2. The van der Waals surface area contributed by atoms with E-state index in [1.165, 1.54) is 29.9 Å². The Morgan fingerprint density at radius 3 is 2.69 bits per heavy atom. The number of ether oxygens (including phenoxy) is 1. The van der Waals surface area contributed by atoms with Crippen LogP contribution in [0.3, 0.4) is 0 Å². The number of rotatable bonds is 5. The molecule has 0 unspecified atom stereocenters. The largest absolute Gasteiger partial charge is 0.449 e. The van der Waals surface area contributed by atoms with Crippen LogP contribution in [0.15, 0.2) is 40.5 Å². The molecule has 1 aromatic carbocycles. The van der Waals surface area contributed by atoms with Crippen molar-refractivity contribution in [1.29, 1.82) is 0 Å². The van der Waals surface area contributed by atoms with Crippen molar-refractivity contribution in [3.63, 3.8) is 0 Å². The molecule has 2 N–H and O–H groups in total. The Bertz CT molecular complexity index is 1000. The molecule has 0 aliphatic rings. The summed E-state index contributed by atoms with van der Waals surface area (Å²) in [5.41, 5.74) is 6.67. The summed E-state index contributed by atoms with van der Waals surface area (Å²) in [6.45, 7) is 5.53. The van der Waals surface area contributed by atoms with Gasteiger partial charge in [-0.25, -0.2) is 14.8 Å². The fourth-order valence-corrected chi connectivity index (χ4v) is 4.47. The summed E-state index contributed by atoms with van der Waals surface area (Å²) in [6, 6.07) is 7.05. The normalized spacial score (nSPS) is 12.1. The molecule has 6 nitrogen and oxygen atoms in total. The molecule has 3 aromatic rings. The fraction of sp³-hybridized carbons (Fsp3) is 0.222. The first-order chi connectivity index (χ1) is 12.4. The second kappa shape index (κ2) is 7.43. The van der Waals surface area contributed by atoms with E-state index in [2.05, 4.69) is 9.97 Å². The number of amides is 1. The Labute approximate surface area is 158 Å². The maximum absolute atomic E-state index is 12.4. The smallest absolute Gasteiger partial charge is 0.340 e. The quantitative estimate of drug-likeness (QED) is 0.532. The van der Waals surface area contributed by atoms with Gasteiger partial charge in [-0.05, 0) is 38.5 Å². The molecule has 0 saturated carbocycles. The summed E-state index contributed by atoms with van der Waals surface area (Å²) in [4.78, 5) is 35.1. The molecule has 0 aliphatic carbocycles. The van der Waals surface area contributed by atoms with Gasteiger partial charge in [0.25, 0.3) is 5.91 Å². The Morgan fingerprint density at radius 2 is 1.96 bits per heavy atom. The second-order valence-electron chi connectivity index (χ2n) is 5.69. The van der Waals surface area contributed by atoms with Crippen LogP contribution in [0.4, 0.5) is 0 Å². The number of hydrogen-bond acceptors (Lipinski definition) is 7. The molecule has 3 rings (SSSR count). The van der Waals surface area contributed by atoms with Gasteiger partial charge in [0, 0.05) is 15.2 Å². The van der Waals surface area contributed by atoms with E-state index < -0.39 is 18.0 Å². The molecule has 1 amide bonds. The van der Waals surface area contributed by atoms with E-state index in [9.17, 15) is 9.59 Å². The van der Waals surface area contributed by atoms with E-state index in [0.717, 1.165) is 20.8 Å². The van der Waals surface area contributed by atoms with Gasteiger partial charge in [-0.2, -0.15) is 0 Å². The van der Waals surface area contributed by atoms with Crippen LogP contribution in [0.2, 0.25) is 0 Å². The van der Waals surface area contributed by atoms with Gasteiger partial charge in [0.1, 0.15) is 16.2 Å². The highest BCUT2D eigenvalue weighted by atomic mass is 32.2. The molecule has 0 bridgehead atoms. The lowest BCUT2D eigenvalue weighted by atomic mass is 10.2. The number of nitrogens with zero attached hydrogens (tertiary/aromatic N) is 2. The van der Waals surface area contributed by atoms with Crippen molar-refractivity contribution in [3.8, 4) is 0 Å². The third kappa shape index (κ3) is 3.56. The summed E-state index contributed by atoms with van der Waals surface area (Å²) >= 11 is 2.99. The number of esters is 1. The highest BCUT2D eigenvalue weighted by molar-refractivity contribution is 7.99. The monoisotopic (exact) mass is 387 g/mol. The minimum Gasteiger partial charge on any atom is -0.449 e.